The summed E-state index contributed by atoms with van der Waals surface area (Å²) in [4.78, 5) is 37.9. The molecule has 0 atom stereocenters. The number of carbonyl (C=O) groups is 1. The maximum atomic E-state index is 12.9. The molecule has 0 radical (unpaired) electrons. The van der Waals surface area contributed by atoms with Crippen molar-refractivity contribution in [3.05, 3.63) is 74.8 Å². The van der Waals surface area contributed by atoms with Gasteiger partial charge in [0.15, 0.2) is 11.5 Å². The predicted molar refractivity (Wildman–Crippen MR) is 147 cm³/mol. The second-order valence-electron chi connectivity index (χ2n) is 8.39. The zero-order chi connectivity index (χ0) is 28.1. The summed E-state index contributed by atoms with van der Waals surface area (Å²) in [6.07, 6.45) is 3.47. The number of carbonyl (C=O) groups excluding carboxylic acids is 1. The number of benzene rings is 1. The summed E-state index contributed by atoms with van der Waals surface area (Å²) in [5.41, 5.74) is 14.1. The van der Waals surface area contributed by atoms with E-state index in [0.717, 1.165) is 5.56 Å². The van der Waals surface area contributed by atoms with Crippen molar-refractivity contribution in [3.63, 3.8) is 0 Å². The summed E-state index contributed by atoms with van der Waals surface area (Å²) in [5, 5.41) is 0.303. The van der Waals surface area contributed by atoms with E-state index in [0.29, 0.717) is 58.1 Å². The lowest BCUT2D eigenvalue weighted by atomic mass is 10.0. The molecule has 4 rings (SSSR count). The number of nitrogen functional groups attached to an aromatic ring is 2. The van der Waals surface area contributed by atoms with E-state index in [-0.39, 0.29) is 18.1 Å². The van der Waals surface area contributed by atoms with Crippen LogP contribution in [-0.2, 0) is 17.7 Å². The molecule has 11 heteroatoms. The van der Waals surface area contributed by atoms with Gasteiger partial charge in [0, 0.05) is 30.9 Å². The standard InChI is InChI=1S/C28H28N6O5/c1-5-34-15-21(27(36)39-6-2)23(35)20-10-9-19(32-26(20)34)8-7-17-11-16(13-22(37-3)24(17)38-4)12-18-14-31-28(30)33-25(18)29/h9-11,13-15H,5-6,12H2,1-4H3,(H4,29,30,31,33). The molecule has 11 nitrogen and oxygen atoms in total. The van der Waals surface area contributed by atoms with E-state index >= 15 is 0 Å². The molecule has 0 aliphatic carbocycles. The van der Waals surface area contributed by atoms with Crippen LogP contribution in [0, 0.1) is 11.8 Å². The number of nitrogens with two attached hydrogens (primary N) is 2. The van der Waals surface area contributed by atoms with Crippen LogP contribution in [0.25, 0.3) is 11.0 Å². The van der Waals surface area contributed by atoms with E-state index in [2.05, 4.69) is 26.8 Å². The minimum Gasteiger partial charge on any atom is -0.493 e. The van der Waals surface area contributed by atoms with Crippen LogP contribution in [0.3, 0.4) is 0 Å². The summed E-state index contributed by atoms with van der Waals surface area (Å²) in [5.74, 6) is 6.83. The van der Waals surface area contributed by atoms with E-state index in [9.17, 15) is 9.59 Å². The van der Waals surface area contributed by atoms with Crippen LogP contribution in [-0.4, -0.2) is 46.3 Å². The zero-order valence-corrected chi connectivity index (χ0v) is 22.1. The number of anilines is 2. The van der Waals surface area contributed by atoms with Crippen LogP contribution in [0.15, 0.2) is 41.5 Å². The highest BCUT2D eigenvalue weighted by Gasteiger charge is 2.17. The molecule has 200 valence electrons. The first-order valence-corrected chi connectivity index (χ1v) is 12.1. The van der Waals surface area contributed by atoms with Crippen molar-refractivity contribution in [2.24, 2.45) is 0 Å². The van der Waals surface area contributed by atoms with Crippen LogP contribution in [0.1, 0.15) is 46.6 Å². The fourth-order valence-electron chi connectivity index (χ4n) is 4.07. The predicted octanol–water partition coefficient (Wildman–Crippen LogP) is 2.56. The van der Waals surface area contributed by atoms with Gasteiger partial charge >= 0.3 is 5.97 Å². The van der Waals surface area contributed by atoms with Crippen LogP contribution >= 0.6 is 0 Å². The van der Waals surface area contributed by atoms with Crippen LogP contribution in [0.4, 0.5) is 11.8 Å². The van der Waals surface area contributed by atoms with Crippen LogP contribution in [0.5, 0.6) is 11.5 Å². The Morgan fingerprint density at radius 1 is 1.08 bits per heavy atom. The van der Waals surface area contributed by atoms with Crippen molar-refractivity contribution in [3.8, 4) is 23.3 Å². The number of ether oxygens (including phenoxy) is 3. The van der Waals surface area contributed by atoms with Gasteiger partial charge in [-0.3, -0.25) is 4.79 Å². The largest absolute Gasteiger partial charge is 0.493 e. The minimum absolute atomic E-state index is 0.0346. The van der Waals surface area contributed by atoms with Gasteiger partial charge in [-0.1, -0.05) is 5.92 Å². The number of pyridine rings is 2. The number of nitrogens with zero attached hydrogens (tertiary/aromatic N) is 4. The molecule has 0 saturated carbocycles. The van der Waals surface area contributed by atoms with Gasteiger partial charge in [-0.05, 0) is 49.6 Å². The van der Waals surface area contributed by atoms with Gasteiger partial charge in [0.1, 0.15) is 22.7 Å². The number of methoxy groups -OCH3 is 2. The Kier molecular flexibility index (Phi) is 7.96. The second-order valence-corrected chi connectivity index (χ2v) is 8.39. The Morgan fingerprint density at radius 3 is 2.54 bits per heavy atom. The molecule has 0 saturated heterocycles. The summed E-state index contributed by atoms with van der Waals surface area (Å²) >= 11 is 0. The average molecular weight is 529 g/mol. The third-order valence-corrected chi connectivity index (χ3v) is 5.93. The fraction of sp³-hybridized carbons (Fsp3) is 0.250. The molecule has 0 amide bonds. The van der Waals surface area contributed by atoms with Gasteiger partial charge in [0.2, 0.25) is 11.4 Å². The van der Waals surface area contributed by atoms with Gasteiger partial charge in [-0.2, -0.15) is 4.98 Å². The van der Waals surface area contributed by atoms with Crippen molar-refractivity contribution in [2.45, 2.75) is 26.8 Å². The highest BCUT2D eigenvalue weighted by atomic mass is 16.5. The molecule has 0 bridgehead atoms. The zero-order valence-electron chi connectivity index (χ0n) is 22.1. The van der Waals surface area contributed by atoms with Gasteiger partial charge in [-0.15, -0.1) is 0 Å². The van der Waals surface area contributed by atoms with Crippen molar-refractivity contribution < 1.29 is 19.0 Å². The lowest BCUT2D eigenvalue weighted by molar-refractivity contribution is 0.0524. The highest BCUT2D eigenvalue weighted by molar-refractivity contribution is 5.93. The Labute approximate surface area is 224 Å². The van der Waals surface area contributed by atoms with E-state index in [4.69, 9.17) is 25.7 Å². The Hall–Kier alpha value is -5.11. The van der Waals surface area contributed by atoms with E-state index in [1.807, 2.05) is 19.1 Å². The van der Waals surface area contributed by atoms with Crippen molar-refractivity contribution in [1.82, 2.24) is 19.5 Å². The topological polar surface area (TPSA) is 157 Å². The number of aromatic nitrogens is 4. The monoisotopic (exact) mass is 528 g/mol. The number of esters is 1. The lowest BCUT2D eigenvalue weighted by Gasteiger charge is -2.13. The van der Waals surface area contributed by atoms with E-state index in [1.54, 1.807) is 36.9 Å². The molecule has 0 aliphatic heterocycles. The Balaban J connectivity index is 1.77. The smallest absolute Gasteiger partial charge is 0.343 e. The molecule has 0 spiro atoms. The number of fused-ring (bicyclic) bond motifs is 1. The molecule has 0 fully saturated rings. The van der Waals surface area contributed by atoms with Crippen molar-refractivity contribution in [1.29, 1.82) is 0 Å². The summed E-state index contributed by atoms with van der Waals surface area (Å²) in [7, 11) is 3.07. The number of rotatable bonds is 7. The number of aryl methyl sites for hydroxylation is 1. The molecule has 0 aliphatic rings. The third kappa shape index (κ3) is 5.60. The first kappa shape index (κ1) is 26.9. The average Bonchev–Trinajstić information content (AvgIpc) is 2.93. The van der Waals surface area contributed by atoms with Gasteiger partial charge in [-0.25, -0.2) is 14.8 Å². The molecule has 3 aromatic heterocycles. The lowest BCUT2D eigenvalue weighted by Crippen LogP contribution is -2.21. The molecule has 3 heterocycles. The van der Waals surface area contributed by atoms with Gasteiger partial charge in [0.05, 0.1) is 31.8 Å². The Morgan fingerprint density at radius 2 is 1.87 bits per heavy atom. The fourth-order valence-corrected chi connectivity index (χ4v) is 4.07. The van der Waals surface area contributed by atoms with Crippen molar-refractivity contribution >= 4 is 28.8 Å². The third-order valence-electron chi connectivity index (χ3n) is 5.93. The highest BCUT2D eigenvalue weighted by Crippen LogP contribution is 2.33. The van der Waals surface area contributed by atoms with E-state index in [1.165, 1.54) is 13.3 Å². The minimum atomic E-state index is -0.663. The molecular weight excluding hydrogens is 500 g/mol. The quantitative estimate of drug-likeness (QED) is 0.270. The number of hydrogen-bond acceptors (Lipinski definition) is 10. The Bertz CT molecular complexity index is 1690. The van der Waals surface area contributed by atoms with Crippen molar-refractivity contribution in [2.75, 3.05) is 32.3 Å². The second kappa shape index (κ2) is 11.5. The summed E-state index contributed by atoms with van der Waals surface area (Å²) < 4.78 is 17.9. The molecule has 4 N–H and O–H groups in total. The number of hydrogen-bond donors (Lipinski definition) is 2. The summed E-state index contributed by atoms with van der Waals surface area (Å²) in [6, 6.07) is 6.93. The summed E-state index contributed by atoms with van der Waals surface area (Å²) in [6.45, 7) is 4.23. The van der Waals surface area contributed by atoms with Gasteiger partial charge < -0.3 is 30.2 Å². The van der Waals surface area contributed by atoms with Gasteiger partial charge in [0.25, 0.3) is 0 Å². The first-order valence-electron chi connectivity index (χ1n) is 12.1. The molecule has 4 aromatic rings. The normalized spacial score (nSPS) is 10.6. The first-order chi connectivity index (χ1) is 18.8. The van der Waals surface area contributed by atoms with Crippen LogP contribution < -0.4 is 26.4 Å². The molecule has 0 unspecified atom stereocenters. The van der Waals surface area contributed by atoms with Crippen LogP contribution in [0.2, 0.25) is 0 Å². The SMILES string of the molecule is CCOC(=O)c1cn(CC)c2nc(C#Cc3cc(Cc4cnc(N)nc4N)cc(OC)c3OC)ccc2c1=O. The van der Waals surface area contributed by atoms with E-state index < -0.39 is 11.4 Å². The maximum Gasteiger partial charge on any atom is 0.343 e. The molecule has 1 aromatic carbocycles. The molecule has 39 heavy (non-hydrogen) atoms. The maximum absolute atomic E-state index is 12.9. The molecular formula is C28H28N6O5.